The minimum atomic E-state index is -0.500. The molecule has 0 radical (unpaired) electrons. The van der Waals surface area contributed by atoms with Gasteiger partial charge in [-0.05, 0) is 36.8 Å². The number of amides is 1. The van der Waals surface area contributed by atoms with Crippen LogP contribution in [0.5, 0.6) is 11.5 Å². The van der Waals surface area contributed by atoms with Crippen molar-refractivity contribution in [3.05, 3.63) is 53.6 Å². The van der Waals surface area contributed by atoms with Gasteiger partial charge in [0, 0.05) is 11.7 Å². The maximum atomic E-state index is 12.1. The summed E-state index contributed by atoms with van der Waals surface area (Å²) in [5.41, 5.74) is 7.26. The first-order valence-electron chi connectivity index (χ1n) is 6.17. The van der Waals surface area contributed by atoms with Gasteiger partial charge >= 0.3 is 0 Å². The monoisotopic (exact) mass is 272 g/mol. The Hall–Kier alpha value is -2.53. The molecule has 1 unspecified atom stereocenters. The predicted molar refractivity (Wildman–Crippen MR) is 76.8 cm³/mol. The number of nitrogens with two attached hydrogens (primary N) is 1. The number of hydrogen-bond acceptors (Lipinski definition) is 4. The number of benzene rings is 2. The van der Waals surface area contributed by atoms with Crippen molar-refractivity contribution in [3.63, 3.8) is 0 Å². The first-order chi connectivity index (χ1) is 9.49. The molecule has 2 aromatic rings. The van der Waals surface area contributed by atoms with E-state index in [1.807, 2.05) is 13.0 Å². The molecule has 5 nitrogen and oxygen atoms in total. The minimum Gasteiger partial charge on any atom is -0.504 e. The number of nitrogens with one attached hydrogen (secondary N) is 1. The molecule has 1 amide bonds. The highest BCUT2D eigenvalue weighted by Crippen LogP contribution is 2.28. The number of para-hydroxylation sites is 1. The molecule has 104 valence electrons. The maximum Gasteiger partial charge on any atom is 0.259 e. The summed E-state index contributed by atoms with van der Waals surface area (Å²) in [6.07, 6.45) is 0. The van der Waals surface area contributed by atoms with Crippen molar-refractivity contribution in [1.82, 2.24) is 0 Å². The molecule has 0 aliphatic heterocycles. The molecule has 2 rings (SSSR count). The molecule has 0 spiro atoms. The van der Waals surface area contributed by atoms with E-state index in [1.165, 1.54) is 18.2 Å². The SMILES string of the molecule is CC(N)c1cccc(NC(=O)c2cccc(O)c2O)c1. The van der Waals surface area contributed by atoms with Crippen LogP contribution >= 0.6 is 0 Å². The molecule has 0 heterocycles. The van der Waals surface area contributed by atoms with Gasteiger partial charge in [0.05, 0.1) is 5.56 Å². The highest BCUT2D eigenvalue weighted by Gasteiger charge is 2.14. The Morgan fingerprint density at radius 3 is 2.60 bits per heavy atom. The van der Waals surface area contributed by atoms with Crippen LogP contribution in [0.4, 0.5) is 5.69 Å². The standard InChI is InChI=1S/C15H16N2O3/c1-9(16)10-4-2-5-11(8-10)17-15(20)12-6-3-7-13(18)14(12)19/h2-9,18-19H,16H2,1H3,(H,17,20). The normalized spacial score (nSPS) is 11.9. The Kier molecular flexibility index (Phi) is 3.91. The lowest BCUT2D eigenvalue weighted by atomic mass is 10.1. The van der Waals surface area contributed by atoms with Crippen molar-refractivity contribution in [2.45, 2.75) is 13.0 Å². The molecule has 0 fully saturated rings. The Bertz CT molecular complexity index is 639. The molecule has 0 saturated heterocycles. The number of phenols is 2. The van der Waals surface area contributed by atoms with E-state index in [-0.39, 0.29) is 17.4 Å². The number of rotatable bonds is 3. The summed E-state index contributed by atoms with van der Waals surface area (Å²) in [6, 6.07) is 11.2. The van der Waals surface area contributed by atoms with Crippen molar-refractivity contribution in [2.75, 3.05) is 5.32 Å². The number of phenolic OH excluding ortho intramolecular Hbond substituents is 2. The van der Waals surface area contributed by atoms with Crippen molar-refractivity contribution in [2.24, 2.45) is 5.73 Å². The third-order valence-electron chi connectivity index (χ3n) is 2.93. The van der Waals surface area contributed by atoms with E-state index in [1.54, 1.807) is 18.2 Å². The number of anilines is 1. The van der Waals surface area contributed by atoms with E-state index >= 15 is 0 Å². The van der Waals surface area contributed by atoms with E-state index < -0.39 is 11.7 Å². The zero-order chi connectivity index (χ0) is 14.7. The van der Waals surface area contributed by atoms with Gasteiger partial charge in [-0.15, -0.1) is 0 Å². The van der Waals surface area contributed by atoms with Crippen molar-refractivity contribution < 1.29 is 15.0 Å². The molecule has 0 bridgehead atoms. The highest BCUT2D eigenvalue weighted by atomic mass is 16.3. The Morgan fingerprint density at radius 1 is 1.20 bits per heavy atom. The van der Waals surface area contributed by atoms with Crippen LogP contribution in [-0.2, 0) is 0 Å². The van der Waals surface area contributed by atoms with Crippen LogP contribution in [0.2, 0.25) is 0 Å². The van der Waals surface area contributed by atoms with Gasteiger partial charge in [-0.3, -0.25) is 4.79 Å². The van der Waals surface area contributed by atoms with Crippen molar-refractivity contribution in [1.29, 1.82) is 0 Å². The molecule has 2 aromatic carbocycles. The minimum absolute atomic E-state index is 0.0104. The lowest BCUT2D eigenvalue weighted by molar-refractivity contribution is 0.102. The van der Waals surface area contributed by atoms with E-state index in [0.29, 0.717) is 5.69 Å². The van der Waals surface area contributed by atoms with E-state index in [4.69, 9.17) is 5.73 Å². The van der Waals surface area contributed by atoms with E-state index in [9.17, 15) is 15.0 Å². The van der Waals surface area contributed by atoms with E-state index in [0.717, 1.165) is 5.56 Å². The van der Waals surface area contributed by atoms with Gasteiger partial charge in [0.1, 0.15) is 0 Å². The van der Waals surface area contributed by atoms with Gasteiger partial charge in [-0.25, -0.2) is 0 Å². The molecule has 5 heteroatoms. The van der Waals surface area contributed by atoms with Gasteiger partial charge in [-0.1, -0.05) is 18.2 Å². The smallest absolute Gasteiger partial charge is 0.259 e. The zero-order valence-corrected chi connectivity index (χ0v) is 11.0. The van der Waals surface area contributed by atoms with Gasteiger partial charge in [0.25, 0.3) is 5.91 Å². The quantitative estimate of drug-likeness (QED) is 0.645. The van der Waals surface area contributed by atoms with Gasteiger partial charge in [-0.2, -0.15) is 0 Å². The lowest BCUT2D eigenvalue weighted by Crippen LogP contribution is -2.13. The average molecular weight is 272 g/mol. The number of carbonyl (C=O) groups is 1. The Balaban J connectivity index is 2.24. The third kappa shape index (κ3) is 2.89. The Morgan fingerprint density at radius 2 is 1.90 bits per heavy atom. The van der Waals surface area contributed by atoms with E-state index in [2.05, 4.69) is 5.32 Å². The fourth-order valence-electron chi connectivity index (χ4n) is 1.81. The van der Waals surface area contributed by atoms with Gasteiger partial charge < -0.3 is 21.3 Å². The first-order valence-corrected chi connectivity index (χ1v) is 6.17. The van der Waals surface area contributed by atoms with Crippen LogP contribution in [0.3, 0.4) is 0 Å². The first kappa shape index (κ1) is 13.9. The zero-order valence-electron chi connectivity index (χ0n) is 11.0. The fraction of sp³-hybridized carbons (Fsp3) is 0.133. The highest BCUT2D eigenvalue weighted by molar-refractivity contribution is 6.06. The topological polar surface area (TPSA) is 95.6 Å². The summed E-state index contributed by atoms with van der Waals surface area (Å²) >= 11 is 0. The van der Waals surface area contributed by atoms with Crippen LogP contribution < -0.4 is 11.1 Å². The molecule has 5 N–H and O–H groups in total. The second-order valence-corrected chi connectivity index (χ2v) is 4.54. The van der Waals surface area contributed by atoms with Crippen LogP contribution in [0.1, 0.15) is 28.9 Å². The predicted octanol–water partition coefficient (Wildman–Crippen LogP) is 2.37. The van der Waals surface area contributed by atoms with Gasteiger partial charge in [0.15, 0.2) is 11.5 Å². The molecule has 1 atom stereocenters. The molecule has 20 heavy (non-hydrogen) atoms. The van der Waals surface area contributed by atoms with Crippen molar-refractivity contribution >= 4 is 11.6 Å². The number of carbonyl (C=O) groups excluding carboxylic acids is 1. The third-order valence-corrected chi connectivity index (χ3v) is 2.93. The average Bonchev–Trinajstić information content (AvgIpc) is 2.42. The lowest BCUT2D eigenvalue weighted by Gasteiger charge is -2.10. The second-order valence-electron chi connectivity index (χ2n) is 4.54. The van der Waals surface area contributed by atoms with Crippen LogP contribution in [0.25, 0.3) is 0 Å². The van der Waals surface area contributed by atoms with Crippen LogP contribution in [-0.4, -0.2) is 16.1 Å². The second kappa shape index (κ2) is 5.63. The summed E-state index contributed by atoms with van der Waals surface area (Å²) in [5, 5.41) is 21.7. The molecule has 0 aliphatic carbocycles. The maximum absolute atomic E-state index is 12.1. The summed E-state index contributed by atoms with van der Waals surface area (Å²) < 4.78 is 0. The fourth-order valence-corrected chi connectivity index (χ4v) is 1.81. The van der Waals surface area contributed by atoms with Gasteiger partial charge in [0.2, 0.25) is 0 Å². The molecule has 0 aromatic heterocycles. The summed E-state index contributed by atoms with van der Waals surface area (Å²) in [4.78, 5) is 12.1. The molecular weight excluding hydrogens is 256 g/mol. The summed E-state index contributed by atoms with van der Waals surface area (Å²) in [7, 11) is 0. The molecule has 0 aliphatic rings. The molecule has 0 saturated carbocycles. The number of aromatic hydroxyl groups is 2. The summed E-state index contributed by atoms with van der Waals surface area (Å²) in [6.45, 7) is 1.85. The van der Waals surface area contributed by atoms with Crippen LogP contribution in [0, 0.1) is 0 Å². The molecular formula is C15H16N2O3. The van der Waals surface area contributed by atoms with Crippen LogP contribution in [0.15, 0.2) is 42.5 Å². The largest absolute Gasteiger partial charge is 0.504 e. The number of hydrogen-bond donors (Lipinski definition) is 4. The Labute approximate surface area is 116 Å². The van der Waals surface area contributed by atoms with Crippen molar-refractivity contribution in [3.8, 4) is 11.5 Å². The summed E-state index contributed by atoms with van der Waals surface area (Å²) in [5.74, 6) is -1.27.